The summed E-state index contributed by atoms with van der Waals surface area (Å²) in [5, 5.41) is 3.98. The number of anilines is 1. The van der Waals surface area contributed by atoms with Gasteiger partial charge in [-0.25, -0.2) is 9.97 Å². The molecule has 96 valence electrons. The van der Waals surface area contributed by atoms with Gasteiger partial charge < -0.3 is 5.32 Å². The first-order valence-electron chi connectivity index (χ1n) is 6.00. The predicted molar refractivity (Wildman–Crippen MR) is 73.7 cm³/mol. The number of hydrogen-bond donors (Lipinski definition) is 1. The average Bonchev–Trinajstić information content (AvgIpc) is 2.15. The minimum atomic E-state index is 0.172. The van der Waals surface area contributed by atoms with Crippen LogP contribution in [0.15, 0.2) is 6.33 Å². The van der Waals surface area contributed by atoms with Crippen LogP contribution in [0.5, 0.6) is 0 Å². The summed E-state index contributed by atoms with van der Waals surface area (Å²) in [7, 11) is 0. The Morgan fingerprint density at radius 1 is 1.18 bits per heavy atom. The highest BCUT2D eigenvalue weighted by Gasteiger charge is 2.22. The van der Waals surface area contributed by atoms with E-state index in [4.69, 9.17) is 11.6 Å². The highest BCUT2D eigenvalue weighted by molar-refractivity contribution is 6.30. The molecule has 0 aliphatic heterocycles. The number of hydrogen-bond acceptors (Lipinski definition) is 3. The lowest BCUT2D eigenvalue weighted by Crippen LogP contribution is -2.31. The van der Waals surface area contributed by atoms with E-state index in [1.165, 1.54) is 6.33 Å². The number of nitrogens with one attached hydrogen (secondary N) is 1. The standard InChI is InChI=1S/C13H22ClN3/c1-8(2)10-11(14)15-7-16-12(10)17-9(3)13(4,5)6/h7-9H,1-6H3,(H,15,16,17). The highest BCUT2D eigenvalue weighted by atomic mass is 35.5. The van der Waals surface area contributed by atoms with Crippen molar-refractivity contribution >= 4 is 17.4 Å². The SMILES string of the molecule is CC(C)c1c(Cl)ncnc1NC(C)C(C)(C)C. The highest BCUT2D eigenvalue weighted by Crippen LogP contribution is 2.30. The van der Waals surface area contributed by atoms with Crippen LogP contribution in [0.3, 0.4) is 0 Å². The van der Waals surface area contributed by atoms with Crippen LogP contribution in [0, 0.1) is 5.41 Å². The van der Waals surface area contributed by atoms with Gasteiger partial charge in [-0.15, -0.1) is 0 Å². The van der Waals surface area contributed by atoms with Gasteiger partial charge in [0.25, 0.3) is 0 Å². The number of aromatic nitrogens is 2. The third-order valence-corrected chi connectivity index (χ3v) is 3.37. The van der Waals surface area contributed by atoms with E-state index in [0.717, 1.165) is 11.4 Å². The Morgan fingerprint density at radius 3 is 2.24 bits per heavy atom. The summed E-state index contributed by atoms with van der Waals surface area (Å²) in [6.45, 7) is 12.9. The van der Waals surface area contributed by atoms with Crippen molar-refractivity contribution in [3.63, 3.8) is 0 Å². The Balaban J connectivity index is 3.03. The first-order valence-corrected chi connectivity index (χ1v) is 6.38. The zero-order chi connectivity index (χ0) is 13.2. The Morgan fingerprint density at radius 2 is 1.76 bits per heavy atom. The summed E-state index contributed by atoms with van der Waals surface area (Å²) < 4.78 is 0. The first-order chi connectivity index (χ1) is 7.73. The van der Waals surface area contributed by atoms with Crippen molar-refractivity contribution in [1.82, 2.24) is 9.97 Å². The molecule has 3 nitrogen and oxygen atoms in total. The largest absolute Gasteiger partial charge is 0.367 e. The van der Waals surface area contributed by atoms with Crippen molar-refractivity contribution in [2.75, 3.05) is 5.32 Å². The minimum Gasteiger partial charge on any atom is -0.367 e. The second-order valence-corrected chi connectivity index (χ2v) is 6.17. The van der Waals surface area contributed by atoms with Crippen molar-refractivity contribution in [2.24, 2.45) is 5.41 Å². The van der Waals surface area contributed by atoms with Gasteiger partial charge in [0.2, 0.25) is 0 Å². The van der Waals surface area contributed by atoms with E-state index in [9.17, 15) is 0 Å². The molecule has 0 saturated heterocycles. The predicted octanol–water partition coefficient (Wildman–Crippen LogP) is 4.10. The van der Waals surface area contributed by atoms with Gasteiger partial charge in [0.15, 0.2) is 0 Å². The molecule has 0 spiro atoms. The average molecular weight is 256 g/mol. The molecule has 1 unspecified atom stereocenters. The molecule has 0 fully saturated rings. The molecule has 1 heterocycles. The van der Waals surface area contributed by atoms with Gasteiger partial charge in [-0.1, -0.05) is 46.2 Å². The lowest BCUT2D eigenvalue weighted by molar-refractivity contribution is 0.358. The lowest BCUT2D eigenvalue weighted by atomic mass is 9.88. The van der Waals surface area contributed by atoms with Crippen molar-refractivity contribution < 1.29 is 0 Å². The summed E-state index contributed by atoms with van der Waals surface area (Å²) in [6.07, 6.45) is 1.51. The molecular formula is C13H22ClN3. The van der Waals surface area contributed by atoms with E-state index in [1.54, 1.807) is 0 Å². The Kier molecular flexibility index (Phi) is 4.36. The van der Waals surface area contributed by atoms with Crippen molar-refractivity contribution in [1.29, 1.82) is 0 Å². The molecule has 4 heteroatoms. The maximum atomic E-state index is 6.13. The maximum absolute atomic E-state index is 6.13. The van der Waals surface area contributed by atoms with Gasteiger partial charge in [0, 0.05) is 11.6 Å². The van der Waals surface area contributed by atoms with Gasteiger partial charge in [0.05, 0.1) is 0 Å². The molecular weight excluding hydrogens is 234 g/mol. The summed E-state index contributed by atoms with van der Waals surface area (Å²) in [5.74, 6) is 1.15. The fraction of sp³-hybridized carbons (Fsp3) is 0.692. The third kappa shape index (κ3) is 3.56. The molecule has 17 heavy (non-hydrogen) atoms. The summed E-state index contributed by atoms with van der Waals surface area (Å²) in [6, 6.07) is 0.311. The fourth-order valence-corrected chi connectivity index (χ4v) is 1.77. The van der Waals surface area contributed by atoms with E-state index in [1.807, 2.05) is 0 Å². The van der Waals surface area contributed by atoms with Crippen LogP contribution in [0.2, 0.25) is 5.15 Å². The van der Waals surface area contributed by atoms with Gasteiger partial charge in [-0.2, -0.15) is 0 Å². The molecule has 1 rings (SSSR count). The molecule has 1 atom stereocenters. The zero-order valence-corrected chi connectivity index (χ0v) is 12.3. The van der Waals surface area contributed by atoms with Crippen LogP contribution < -0.4 is 5.32 Å². The van der Waals surface area contributed by atoms with Gasteiger partial charge in [0.1, 0.15) is 17.3 Å². The van der Waals surface area contributed by atoms with E-state index in [-0.39, 0.29) is 5.41 Å². The monoisotopic (exact) mass is 255 g/mol. The topological polar surface area (TPSA) is 37.8 Å². The van der Waals surface area contributed by atoms with Crippen LogP contribution in [-0.2, 0) is 0 Å². The molecule has 0 aliphatic rings. The second-order valence-electron chi connectivity index (χ2n) is 5.81. The zero-order valence-electron chi connectivity index (χ0n) is 11.5. The fourth-order valence-electron chi connectivity index (χ4n) is 1.42. The molecule has 0 aliphatic carbocycles. The minimum absolute atomic E-state index is 0.172. The van der Waals surface area contributed by atoms with Crippen LogP contribution in [-0.4, -0.2) is 16.0 Å². The van der Waals surface area contributed by atoms with Crippen molar-refractivity contribution in [2.45, 2.75) is 53.5 Å². The molecule has 1 aromatic heterocycles. The Bertz CT molecular complexity index is 383. The van der Waals surface area contributed by atoms with Crippen LogP contribution in [0.4, 0.5) is 5.82 Å². The number of rotatable bonds is 3. The van der Waals surface area contributed by atoms with Gasteiger partial charge in [-0.3, -0.25) is 0 Å². The number of halogens is 1. The molecule has 1 aromatic rings. The van der Waals surface area contributed by atoms with E-state index < -0.39 is 0 Å². The molecule has 0 saturated carbocycles. The Hall–Kier alpha value is -0.830. The van der Waals surface area contributed by atoms with E-state index in [0.29, 0.717) is 17.1 Å². The van der Waals surface area contributed by atoms with Crippen LogP contribution in [0.1, 0.15) is 53.0 Å². The number of nitrogens with zero attached hydrogens (tertiary/aromatic N) is 2. The van der Waals surface area contributed by atoms with E-state index in [2.05, 4.69) is 56.8 Å². The van der Waals surface area contributed by atoms with Crippen LogP contribution in [0.25, 0.3) is 0 Å². The van der Waals surface area contributed by atoms with Crippen molar-refractivity contribution in [3.05, 3.63) is 17.0 Å². The van der Waals surface area contributed by atoms with Gasteiger partial charge >= 0.3 is 0 Å². The molecule has 0 aromatic carbocycles. The van der Waals surface area contributed by atoms with E-state index >= 15 is 0 Å². The van der Waals surface area contributed by atoms with Crippen LogP contribution >= 0.6 is 11.6 Å². The molecule has 0 radical (unpaired) electrons. The normalized spacial score (nSPS) is 13.9. The summed E-state index contributed by atoms with van der Waals surface area (Å²) in [4.78, 5) is 8.35. The maximum Gasteiger partial charge on any atom is 0.138 e. The molecule has 0 amide bonds. The lowest BCUT2D eigenvalue weighted by Gasteiger charge is -2.29. The summed E-state index contributed by atoms with van der Waals surface area (Å²) >= 11 is 6.13. The second kappa shape index (κ2) is 5.21. The first kappa shape index (κ1) is 14.2. The van der Waals surface area contributed by atoms with Crippen molar-refractivity contribution in [3.8, 4) is 0 Å². The summed E-state index contributed by atoms with van der Waals surface area (Å²) in [5.41, 5.74) is 1.16. The molecule has 0 bridgehead atoms. The molecule has 1 N–H and O–H groups in total. The Labute approximate surface area is 109 Å². The quantitative estimate of drug-likeness (QED) is 0.827. The smallest absolute Gasteiger partial charge is 0.138 e. The van der Waals surface area contributed by atoms with Gasteiger partial charge in [-0.05, 0) is 18.3 Å². The third-order valence-electron chi connectivity index (χ3n) is 3.06.